The number of rotatable bonds is 7. The van der Waals surface area contributed by atoms with Crippen LogP contribution >= 0.6 is 15.9 Å². The predicted molar refractivity (Wildman–Crippen MR) is 105 cm³/mol. The minimum atomic E-state index is -0.488. The number of nitrogens with one attached hydrogen (secondary N) is 2. The van der Waals surface area contributed by atoms with Crippen molar-refractivity contribution < 1.29 is 23.1 Å². The maximum atomic E-state index is 13.2. The number of ether oxygens (including phenoxy) is 1. The zero-order chi connectivity index (χ0) is 19.9. The highest BCUT2D eigenvalue weighted by Crippen LogP contribution is 2.16. The smallest absolute Gasteiger partial charge is 0.287 e. The number of furan rings is 1. The predicted octanol–water partition coefficient (Wildman–Crippen LogP) is 4.13. The van der Waals surface area contributed by atoms with Crippen molar-refractivity contribution in [3.63, 3.8) is 0 Å². The molecule has 8 heteroatoms. The van der Waals surface area contributed by atoms with E-state index in [1.165, 1.54) is 18.2 Å². The van der Waals surface area contributed by atoms with E-state index in [0.717, 1.165) is 5.56 Å². The Morgan fingerprint density at radius 1 is 1.07 bits per heavy atom. The lowest BCUT2D eigenvalue weighted by Gasteiger charge is -2.09. The van der Waals surface area contributed by atoms with Crippen LogP contribution in [0.4, 0.5) is 10.1 Å². The van der Waals surface area contributed by atoms with Crippen LogP contribution in [-0.4, -0.2) is 18.4 Å². The molecule has 1 aromatic heterocycles. The lowest BCUT2D eigenvalue weighted by atomic mass is 10.2. The molecule has 0 bridgehead atoms. The molecule has 3 aromatic rings. The highest BCUT2D eigenvalue weighted by molar-refractivity contribution is 9.10. The van der Waals surface area contributed by atoms with Gasteiger partial charge in [0.25, 0.3) is 5.91 Å². The van der Waals surface area contributed by atoms with Gasteiger partial charge in [-0.15, -0.1) is 0 Å². The largest absolute Gasteiger partial charge is 0.489 e. The SMILES string of the molecule is O=C(CNC(=O)c1ccc(Br)o1)Nc1cccc(COc2cccc(F)c2)c1. The van der Waals surface area contributed by atoms with Crippen molar-refractivity contribution in [1.82, 2.24) is 5.32 Å². The Bertz CT molecular complexity index is 990. The number of benzene rings is 2. The fourth-order valence-corrected chi connectivity index (χ4v) is 2.66. The van der Waals surface area contributed by atoms with Gasteiger partial charge in [0, 0.05) is 11.8 Å². The lowest BCUT2D eigenvalue weighted by molar-refractivity contribution is -0.115. The minimum Gasteiger partial charge on any atom is -0.489 e. The van der Waals surface area contributed by atoms with E-state index in [-0.39, 0.29) is 30.6 Å². The van der Waals surface area contributed by atoms with E-state index >= 15 is 0 Å². The Kier molecular flexibility index (Phi) is 6.44. The Morgan fingerprint density at radius 2 is 1.89 bits per heavy atom. The number of carbonyl (C=O) groups is 2. The normalized spacial score (nSPS) is 10.4. The molecule has 0 aliphatic heterocycles. The Morgan fingerprint density at radius 3 is 2.64 bits per heavy atom. The van der Waals surface area contributed by atoms with E-state index in [4.69, 9.17) is 9.15 Å². The van der Waals surface area contributed by atoms with Gasteiger partial charge in [0.2, 0.25) is 5.91 Å². The van der Waals surface area contributed by atoms with Crippen LogP contribution in [0.15, 0.2) is 69.8 Å². The number of amides is 2. The molecule has 144 valence electrons. The van der Waals surface area contributed by atoms with Crippen LogP contribution in [0.5, 0.6) is 5.75 Å². The second-order valence-corrected chi connectivity index (χ2v) is 6.56. The molecule has 0 unspecified atom stereocenters. The number of anilines is 1. The summed E-state index contributed by atoms with van der Waals surface area (Å²) in [6.45, 7) is 0.0123. The molecule has 3 rings (SSSR count). The molecular weight excluding hydrogens is 431 g/mol. The van der Waals surface area contributed by atoms with E-state index in [9.17, 15) is 14.0 Å². The topological polar surface area (TPSA) is 80.6 Å². The Labute approximate surface area is 168 Å². The molecule has 6 nitrogen and oxygen atoms in total. The summed E-state index contributed by atoms with van der Waals surface area (Å²) in [5, 5.41) is 5.17. The van der Waals surface area contributed by atoms with Gasteiger partial charge in [-0.3, -0.25) is 9.59 Å². The number of hydrogen-bond donors (Lipinski definition) is 2. The molecule has 0 saturated heterocycles. The van der Waals surface area contributed by atoms with Gasteiger partial charge < -0.3 is 19.8 Å². The molecule has 0 aliphatic rings. The molecule has 2 N–H and O–H groups in total. The fourth-order valence-electron chi connectivity index (χ4n) is 2.35. The second-order valence-electron chi connectivity index (χ2n) is 5.78. The minimum absolute atomic E-state index is 0.108. The number of halogens is 2. The molecule has 0 atom stereocenters. The van der Waals surface area contributed by atoms with Crippen molar-refractivity contribution in [3.05, 3.63) is 82.5 Å². The summed E-state index contributed by atoms with van der Waals surface area (Å²) in [6.07, 6.45) is 0. The molecule has 0 fully saturated rings. The molecule has 2 amide bonds. The number of carbonyl (C=O) groups excluding carboxylic acids is 2. The van der Waals surface area contributed by atoms with Crippen LogP contribution < -0.4 is 15.4 Å². The van der Waals surface area contributed by atoms with Crippen LogP contribution in [0.2, 0.25) is 0 Å². The zero-order valence-electron chi connectivity index (χ0n) is 14.6. The van der Waals surface area contributed by atoms with E-state index in [1.54, 1.807) is 36.4 Å². The molecule has 0 spiro atoms. The monoisotopic (exact) mass is 446 g/mol. The summed E-state index contributed by atoms with van der Waals surface area (Å²) in [4.78, 5) is 23.9. The van der Waals surface area contributed by atoms with Crippen molar-refractivity contribution in [1.29, 1.82) is 0 Å². The molecule has 0 aliphatic carbocycles. The van der Waals surface area contributed by atoms with Gasteiger partial charge in [0.15, 0.2) is 10.4 Å². The van der Waals surface area contributed by atoms with Crippen molar-refractivity contribution in [2.24, 2.45) is 0 Å². The van der Waals surface area contributed by atoms with E-state index < -0.39 is 5.91 Å². The van der Waals surface area contributed by atoms with Crippen LogP contribution in [0.1, 0.15) is 16.1 Å². The van der Waals surface area contributed by atoms with E-state index in [1.807, 2.05) is 6.07 Å². The summed E-state index contributed by atoms with van der Waals surface area (Å²) >= 11 is 3.11. The maximum Gasteiger partial charge on any atom is 0.287 e. The van der Waals surface area contributed by atoms with Gasteiger partial charge in [-0.25, -0.2) is 4.39 Å². The second kappa shape index (κ2) is 9.18. The average molecular weight is 447 g/mol. The lowest BCUT2D eigenvalue weighted by Crippen LogP contribution is -2.32. The molecule has 0 radical (unpaired) electrons. The van der Waals surface area contributed by atoms with E-state index in [0.29, 0.717) is 16.1 Å². The van der Waals surface area contributed by atoms with Crippen LogP contribution in [0.3, 0.4) is 0 Å². The van der Waals surface area contributed by atoms with Gasteiger partial charge >= 0.3 is 0 Å². The van der Waals surface area contributed by atoms with Gasteiger partial charge in [0.05, 0.1) is 6.54 Å². The van der Waals surface area contributed by atoms with Gasteiger partial charge in [0.1, 0.15) is 18.2 Å². The van der Waals surface area contributed by atoms with Crippen LogP contribution in [0, 0.1) is 5.82 Å². The standard InChI is InChI=1S/C20H16BrFN2O4/c21-18-8-7-17(28-18)20(26)23-11-19(25)24-15-5-1-3-13(9-15)12-27-16-6-2-4-14(22)10-16/h1-10H,11-12H2,(H,23,26)(H,24,25). The summed E-state index contributed by atoms with van der Waals surface area (Å²) in [6, 6.07) is 16.0. The average Bonchev–Trinajstić information content (AvgIpc) is 3.11. The maximum absolute atomic E-state index is 13.2. The first-order valence-corrected chi connectivity index (χ1v) is 9.09. The summed E-state index contributed by atoms with van der Waals surface area (Å²) in [5.74, 6) is -0.722. The third-order valence-electron chi connectivity index (χ3n) is 3.62. The van der Waals surface area contributed by atoms with Gasteiger partial charge in [-0.05, 0) is 57.9 Å². The Balaban J connectivity index is 1.50. The fraction of sp³-hybridized carbons (Fsp3) is 0.100. The van der Waals surface area contributed by atoms with E-state index in [2.05, 4.69) is 26.6 Å². The van der Waals surface area contributed by atoms with Crippen LogP contribution in [-0.2, 0) is 11.4 Å². The summed E-state index contributed by atoms with van der Waals surface area (Å²) < 4.78 is 24.3. The zero-order valence-corrected chi connectivity index (χ0v) is 16.2. The summed E-state index contributed by atoms with van der Waals surface area (Å²) in [7, 11) is 0. The van der Waals surface area contributed by atoms with Crippen molar-refractivity contribution in [3.8, 4) is 5.75 Å². The molecule has 2 aromatic carbocycles. The first-order chi connectivity index (χ1) is 13.5. The van der Waals surface area contributed by atoms with Crippen molar-refractivity contribution in [2.45, 2.75) is 6.61 Å². The van der Waals surface area contributed by atoms with Crippen LogP contribution in [0.25, 0.3) is 0 Å². The first kappa shape index (κ1) is 19.6. The third kappa shape index (κ3) is 5.68. The van der Waals surface area contributed by atoms with Crippen molar-refractivity contribution >= 4 is 33.4 Å². The number of hydrogen-bond acceptors (Lipinski definition) is 4. The summed E-state index contributed by atoms with van der Waals surface area (Å²) in [5.41, 5.74) is 1.35. The third-order valence-corrected chi connectivity index (χ3v) is 4.05. The highest BCUT2D eigenvalue weighted by atomic mass is 79.9. The molecule has 0 saturated carbocycles. The van der Waals surface area contributed by atoms with Crippen molar-refractivity contribution in [2.75, 3.05) is 11.9 Å². The molecule has 1 heterocycles. The highest BCUT2D eigenvalue weighted by Gasteiger charge is 2.12. The van der Waals surface area contributed by atoms with Gasteiger partial charge in [-0.1, -0.05) is 18.2 Å². The quantitative estimate of drug-likeness (QED) is 0.571. The molecule has 28 heavy (non-hydrogen) atoms. The molecular formula is C20H16BrFN2O4. The Hall–Kier alpha value is -3.13. The first-order valence-electron chi connectivity index (χ1n) is 8.30. The van der Waals surface area contributed by atoms with Gasteiger partial charge in [-0.2, -0.15) is 0 Å².